The van der Waals surface area contributed by atoms with Gasteiger partial charge in [0.25, 0.3) is 0 Å². The van der Waals surface area contributed by atoms with E-state index in [9.17, 15) is 35.4 Å². The lowest BCUT2D eigenvalue weighted by Crippen LogP contribution is -2.67. The maximum absolute atomic E-state index is 11.5. The molecule has 2 fully saturated rings. The molecule has 1 amide bonds. The van der Waals surface area contributed by atoms with Crippen LogP contribution in [0.25, 0.3) is 0 Å². The second-order valence-electron chi connectivity index (χ2n) is 6.86. The van der Waals surface area contributed by atoms with Crippen LogP contribution in [-0.4, -0.2) is 118 Å². The van der Waals surface area contributed by atoms with Crippen LogP contribution in [0.4, 0.5) is 0 Å². The minimum atomic E-state index is -1.71. The molecule has 0 aromatic carbocycles. The Balaban J connectivity index is 2.20. The lowest BCUT2D eigenvalue weighted by Gasteiger charge is -2.47. The van der Waals surface area contributed by atoms with Crippen molar-refractivity contribution in [1.29, 1.82) is 0 Å². The summed E-state index contributed by atoms with van der Waals surface area (Å²) in [4.78, 5) is 11.5. The summed E-state index contributed by atoms with van der Waals surface area (Å²) in [7, 11) is 0. The molecule has 10 atom stereocenters. The van der Waals surface area contributed by atoms with Gasteiger partial charge in [-0.15, -0.1) is 6.58 Å². The minimum absolute atomic E-state index is 0.0455. The van der Waals surface area contributed by atoms with E-state index < -0.39 is 80.5 Å². The van der Waals surface area contributed by atoms with E-state index in [2.05, 4.69) is 11.9 Å². The van der Waals surface area contributed by atoms with Crippen LogP contribution in [0.15, 0.2) is 12.7 Å². The Morgan fingerprint density at radius 2 is 1.62 bits per heavy atom. The number of rotatable bonds is 8. The highest BCUT2D eigenvalue weighted by Gasteiger charge is 2.51. The van der Waals surface area contributed by atoms with Crippen molar-refractivity contribution in [2.45, 2.75) is 68.3 Å². The lowest BCUT2D eigenvalue weighted by atomic mass is 9.95. The van der Waals surface area contributed by atoms with Crippen LogP contribution in [0, 0.1) is 0 Å². The van der Waals surface area contributed by atoms with E-state index in [4.69, 9.17) is 18.9 Å². The average molecular weight is 423 g/mol. The summed E-state index contributed by atoms with van der Waals surface area (Å²) in [5, 5.41) is 62.1. The fourth-order valence-electron chi connectivity index (χ4n) is 3.26. The maximum Gasteiger partial charge on any atom is 0.217 e. The predicted molar refractivity (Wildman–Crippen MR) is 94.1 cm³/mol. The van der Waals surface area contributed by atoms with Crippen LogP contribution in [0.2, 0.25) is 0 Å². The Kier molecular flexibility index (Phi) is 8.91. The van der Waals surface area contributed by atoms with Gasteiger partial charge in [0, 0.05) is 6.92 Å². The number of hydrogen-bond acceptors (Lipinski definition) is 11. The van der Waals surface area contributed by atoms with Gasteiger partial charge in [0.05, 0.1) is 19.8 Å². The molecule has 2 aliphatic rings. The maximum atomic E-state index is 11.5. The monoisotopic (exact) mass is 423 g/mol. The van der Waals surface area contributed by atoms with E-state index in [0.717, 1.165) is 0 Å². The van der Waals surface area contributed by atoms with Crippen LogP contribution < -0.4 is 5.32 Å². The molecule has 12 heteroatoms. The molecule has 2 heterocycles. The molecule has 12 nitrogen and oxygen atoms in total. The van der Waals surface area contributed by atoms with Gasteiger partial charge >= 0.3 is 0 Å². The zero-order chi connectivity index (χ0) is 21.7. The molecule has 2 rings (SSSR count). The second kappa shape index (κ2) is 10.7. The molecular formula is C17H29NO11. The summed E-state index contributed by atoms with van der Waals surface area (Å²) in [6, 6.07) is -1.09. The molecule has 0 aliphatic carbocycles. The first-order chi connectivity index (χ1) is 13.7. The van der Waals surface area contributed by atoms with E-state index in [1.54, 1.807) is 0 Å². The first kappa shape index (κ1) is 24.1. The van der Waals surface area contributed by atoms with Gasteiger partial charge in [-0.05, 0) is 0 Å². The summed E-state index contributed by atoms with van der Waals surface area (Å²) in [5.41, 5.74) is 0. The van der Waals surface area contributed by atoms with Gasteiger partial charge in [-0.3, -0.25) is 4.79 Å². The summed E-state index contributed by atoms with van der Waals surface area (Å²) in [6.07, 6.45) is -11.4. The Morgan fingerprint density at radius 3 is 2.17 bits per heavy atom. The Morgan fingerprint density at radius 1 is 1.00 bits per heavy atom. The number of aliphatic hydroxyl groups is 6. The second-order valence-corrected chi connectivity index (χ2v) is 6.86. The normalized spacial score (nSPS) is 43.0. The summed E-state index contributed by atoms with van der Waals surface area (Å²) in [5.74, 6) is -0.487. The van der Waals surface area contributed by atoms with E-state index in [0.29, 0.717) is 0 Å². The highest BCUT2D eigenvalue weighted by atomic mass is 16.7. The van der Waals surface area contributed by atoms with Crippen LogP contribution in [-0.2, 0) is 23.7 Å². The van der Waals surface area contributed by atoms with E-state index in [-0.39, 0.29) is 6.61 Å². The lowest BCUT2D eigenvalue weighted by molar-refractivity contribution is -0.347. The predicted octanol–water partition coefficient (Wildman–Crippen LogP) is -4.04. The Hall–Kier alpha value is -1.19. The molecule has 2 saturated heterocycles. The van der Waals surface area contributed by atoms with Gasteiger partial charge in [-0.25, -0.2) is 0 Å². The van der Waals surface area contributed by atoms with Gasteiger partial charge in [0.1, 0.15) is 48.8 Å². The largest absolute Gasteiger partial charge is 0.394 e. The number of ether oxygens (including phenoxy) is 4. The number of nitrogens with one attached hydrogen (secondary N) is 1. The number of carbonyl (C=O) groups is 1. The fraction of sp³-hybridized carbons (Fsp3) is 0.824. The van der Waals surface area contributed by atoms with Crippen molar-refractivity contribution >= 4 is 5.91 Å². The van der Waals surface area contributed by atoms with Crippen molar-refractivity contribution in [3.63, 3.8) is 0 Å². The summed E-state index contributed by atoms with van der Waals surface area (Å²) < 4.78 is 21.8. The third kappa shape index (κ3) is 5.49. The topological polar surface area (TPSA) is 187 Å². The van der Waals surface area contributed by atoms with Crippen LogP contribution in [0.1, 0.15) is 6.92 Å². The van der Waals surface area contributed by atoms with E-state index in [1.807, 2.05) is 0 Å². The third-order valence-corrected chi connectivity index (χ3v) is 4.74. The van der Waals surface area contributed by atoms with Crippen molar-refractivity contribution in [3.8, 4) is 0 Å². The first-order valence-corrected chi connectivity index (χ1v) is 9.15. The zero-order valence-electron chi connectivity index (χ0n) is 15.9. The molecule has 0 spiro atoms. The van der Waals surface area contributed by atoms with Crippen molar-refractivity contribution < 1.29 is 54.4 Å². The average Bonchev–Trinajstić information content (AvgIpc) is 2.69. The Labute approximate surface area is 167 Å². The number of carbonyl (C=O) groups excluding carboxylic acids is 1. The van der Waals surface area contributed by atoms with Crippen molar-refractivity contribution in [2.24, 2.45) is 0 Å². The molecule has 0 aromatic rings. The molecule has 168 valence electrons. The molecule has 7 N–H and O–H groups in total. The third-order valence-electron chi connectivity index (χ3n) is 4.74. The van der Waals surface area contributed by atoms with E-state index in [1.165, 1.54) is 13.0 Å². The van der Waals surface area contributed by atoms with Crippen LogP contribution >= 0.6 is 0 Å². The van der Waals surface area contributed by atoms with Crippen molar-refractivity contribution in [1.82, 2.24) is 5.32 Å². The van der Waals surface area contributed by atoms with Crippen molar-refractivity contribution in [2.75, 3.05) is 19.8 Å². The zero-order valence-corrected chi connectivity index (χ0v) is 15.9. The molecule has 0 aromatic heterocycles. The molecule has 0 bridgehead atoms. The highest BCUT2D eigenvalue weighted by molar-refractivity contribution is 5.73. The molecule has 2 aliphatic heterocycles. The molecule has 29 heavy (non-hydrogen) atoms. The molecule has 0 radical (unpaired) electrons. The van der Waals surface area contributed by atoms with Crippen LogP contribution in [0.3, 0.4) is 0 Å². The number of hydrogen-bond donors (Lipinski definition) is 7. The smallest absolute Gasteiger partial charge is 0.217 e. The highest BCUT2D eigenvalue weighted by Crippen LogP contribution is 2.29. The van der Waals surface area contributed by atoms with Crippen molar-refractivity contribution in [3.05, 3.63) is 12.7 Å². The number of amides is 1. The quantitative estimate of drug-likeness (QED) is 0.188. The first-order valence-electron chi connectivity index (χ1n) is 9.15. The van der Waals surface area contributed by atoms with Gasteiger partial charge in [0.2, 0.25) is 5.91 Å². The Bertz CT molecular complexity index is 547. The number of aliphatic hydroxyl groups excluding tert-OH is 6. The SMILES string of the molecule is C=CCO[C@@H]1OC(CO)[C@H](O[C@@H]2OC(CO)[C@H](O)[C@H](O)C2O)C(O)[C@H]1NC(C)=O. The van der Waals surface area contributed by atoms with E-state index >= 15 is 0 Å². The summed E-state index contributed by atoms with van der Waals surface area (Å²) in [6.45, 7) is 3.50. The van der Waals surface area contributed by atoms with Gasteiger partial charge in [-0.2, -0.15) is 0 Å². The fourth-order valence-corrected chi connectivity index (χ4v) is 3.26. The van der Waals surface area contributed by atoms with Gasteiger partial charge in [-0.1, -0.05) is 6.08 Å². The molecule has 0 saturated carbocycles. The van der Waals surface area contributed by atoms with Gasteiger partial charge < -0.3 is 54.9 Å². The van der Waals surface area contributed by atoms with Gasteiger partial charge in [0.15, 0.2) is 12.6 Å². The molecular weight excluding hydrogens is 394 g/mol. The van der Waals surface area contributed by atoms with Crippen LogP contribution in [0.5, 0.6) is 0 Å². The standard InChI is InChI=1S/C17H29NO11/c1-3-4-26-16-10(18-7(2)21)12(23)15(9(6-20)28-16)29-17-14(25)13(24)11(22)8(5-19)27-17/h3,8-17,19-20,22-25H,1,4-6H2,2H3,(H,18,21)/t8?,9?,10-,11+,12?,13+,14?,15+,16-,17+/m1/s1. The summed E-state index contributed by atoms with van der Waals surface area (Å²) >= 11 is 0. The molecule has 4 unspecified atom stereocenters. The minimum Gasteiger partial charge on any atom is -0.394 e.